The first kappa shape index (κ1) is 14.3. The Morgan fingerprint density at radius 3 is 2.31 bits per heavy atom. The Balaban J connectivity index is 4.26. The number of carbonyl (C=O) groups excluding carboxylic acids is 3. The molecule has 1 amide bonds. The van der Waals surface area contributed by atoms with E-state index in [0.29, 0.717) is 0 Å². The molecular formula is C9H14FNO5. The van der Waals surface area contributed by atoms with E-state index in [1.165, 1.54) is 0 Å². The summed E-state index contributed by atoms with van der Waals surface area (Å²) < 4.78 is 21.7. The summed E-state index contributed by atoms with van der Waals surface area (Å²) in [5.41, 5.74) is 4.69. The minimum absolute atomic E-state index is 0.115. The van der Waals surface area contributed by atoms with Crippen molar-refractivity contribution in [3.05, 3.63) is 0 Å². The number of primary amides is 1. The van der Waals surface area contributed by atoms with Crippen LogP contribution < -0.4 is 5.73 Å². The van der Waals surface area contributed by atoms with Crippen LogP contribution in [0.2, 0.25) is 0 Å². The maximum atomic E-state index is 12.7. The van der Waals surface area contributed by atoms with Gasteiger partial charge in [-0.05, 0) is 6.92 Å². The van der Waals surface area contributed by atoms with E-state index in [1.54, 1.807) is 0 Å². The number of alkyl halides is 1. The van der Waals surface area contributed by atoms with Gasteiger partial charge >= 0.3 is 12.1 Å². The van der Waals surface area contributed by atoms with Crippen LogP contribution in [-0.4, -0.2) is 36.7 Å². The molecule has 2 N–H and O–H groups in total. The third-order valence-corrected chi connectivity index (χ3v) is 1.64. The van der Waals surface area contributed by atoms with Gasteiger partial charge in [0.2, 0.25) is 5.78 Å². The van der Waals surface area contributed by atoms with Crippen LogP contribution in [0, 0.1) is 0 Å². The molecule has 6 nitrogen and oxygen atoms in total. The Morgan fingerprint density at radius 1 is 1.38 bits per heavy atom. The molecular weight excluding hydrogens is 221 g/mol. The van der Waals surface area contributed by atoms with E-state index >= 15 is 0 Å². The molecule has 0 spiro atoms. The van der Waals surface area contributed by atoms with Crippen molar-refractivity contribution >= 4 is 17.8 Å². The first-order chi connectivity index (χ1) is 7.34. The molecule has 7 heteroatoms. The summed E-state index contributed by atoms with van der Waals surface area (Å²) in [7, 11) is 0. The highest BCUT2D eigenvalue weighted by molar-refractivity contribution is 5.88. The van der Waals surface area contributed by atoms with Gasteiger partial charge in [0, 0.05) is 13.3 Å². The van der Waals surface area contributed by atoms with Gasteiger partial charge in [0.1, 0.15) is 0 Å². The molecule has 0 unspecified atom stereocenters. The molecule has 0 heterocycles. The van der Waals surface area contributed by atoms with Crippen LogP contribution in [0.25, 0.3) is 0 Å². The third-order valence-electron chi connectivity index (χ3n) is 1.64. The highest BCUT2D eigenvalue weighted by Gasteiger charge is 2.26. The number of nitrogens with two attached hydrogens (primary N) is 1. The second-order valence-corrected chi connectivity index (χ2v) is 3.07. The molecule has 0 bridgehead atoms. The van der Waals surface area contributed by atoms with Gasteiger partial charge in [-0.15, -0.1) is 0 Å². The average molecular weight is 235 g/mol. The number of esters is 1. The van der Waals surface area contributed by atoms with Gasteiger partial charge in [0.05, 0.1) is 6.61 Å². The molecule has 92 valence electrons. The molecule has 0 radical (unpaired) electrons. The average Bonchev–Trinajstić information content (AvgIpc) is 2.13. The number of amides is 1. The Morgan fingerprint density at radius 2 is 1.94 bits per heavy atom. The molecule has 16 heavy (non-hydrogen) atoms. The first-order valence-electron chi connectivity index (χ1n) is 4.61. The maximum absolute atomic E-state index is 12.7. The van der Waals surface area contributed by atoms with Crippen LogP contribution in [0.15, 0.2) is 0 Å². The maximum Gasteiger partial charge on any atom is 0.404 e. The van der Waals surface area contributed by atoms with Crippen molar-refractivity contribution in [1.82, 2.24) is 0 Å². The molecule has 0 aliphatic carbocycles. The predicted molar refractivity (Wildman–Crippen MR) is 51.3 cm³/mol. The van der Waals surface area contributed by atoms with E-state index in [4.69, 9.17) is 0 Å². The molecule has 0 rings (SSSR count). The minimum Gasteiger partial charge on any atom is -0.454 e. The highest BCUT2D eigenvalue weighted by Crippen LogP contribution is 2.07. The summed E-state index contributed by atoms with van der Waals surface area (Å²) >= 11 is 0. The number of hydrogen-bond acceptors (Lipinski definition) is 5. The number of ether oxygens (including phenoxy) is 2. The zero-order chi connectivity index (χ0) is 12.7. The number of hydrogen-bond donors (Lipinski definition) is 1. The fourth-order valence-corrected chi connectivity index (χ4v) is 0.982. The second-order valence-electron chi connectivity index (χ2n) is 3.07. The number of Topliss-reactive ketones (excluding diaryl/α,β-unsaturated/α-hetero) is 1. The summed E-state index contributed by atoms with van der Waals surface area (Å²) in [5, 5.41) is 0. The van der Waals surface area contributed by atoms with Gasteiger partial charge in [-0.2, -0.15) is 0 Å². The third kappa shape index (κ3) is 5.94. The smallest absolute Gasteiger partial charge is 0.404 e. The molecule has 0 fully saturated rings. The Kier molecular flexibility index (Phi) is 6.06. The quantitative estimate of drug-likeness (QED) is 0.669. The SMILES string of the molecule is CC(=O)O[C@H](CCOC(N)=O)C(=O)[C@H](C)F. The number of rotatable bonds is 6. The van der Waals surface area contributed by atoms with Crippen LogP contribution >= 0.6 is 0 Å². The van der Waals surface area contributed by atoms with E-state index in [2.05, 4.69) is 15.2 Å². The lowest BCUT2D eigenvalue weighted by molar-refractivity contribution is -0.155. The molecule has 0 aliphatic rings. The molecule has 2 atom stereocenters. The standard InChI is InChI=1S/C9H14FNO5/c1-5(10)8(13)7(16-6(2)12)3-4-15-9(11)14/h5,7H,3-4H2,1-2H3,(H2,11,14)/t5-,7+/m0/s1. The number of carbonyl (C=O) groups is 3. The molecule has 0 aromatic heterocycles. The van der Waals surface area contributed by atoms with Gasteiger partial charge in [-0.1, -0.05) is 0 Å². The van der Waals surface area contributed by atoms with Crippen molar-refractivity contribution in [3.8, 4) is 0 Å². The number of halogens is 1. The lowest BCUT2D eigenvalue weighted by atomic mass is 10.1. The van der Waals surface area contributed by atoms with Gasteiger partial charge in [0.25, 0.3) is 0 Å². The largest absolute Gasteiger partial charge is 0.454 e. The lowest BCUT2D eigenvalue weighted by Gasteiger charge is -2.15. The highest BCUT2D eigenvalue weighted by atomic mass is 19.1. The van der Waals surface area contributed by atoms with Crippen molar-refractivity contribution in [1.29, 1.82) is 0 Å². The van der Waals surface area contributed by atoms with Crippen molar-refractivity contribution in [3.63, 3.8) is 0 Å². The Hall–Kier alpha value is -1.66. The topological polar surface area (TPSA) is 95.7 Å². The van der Waals surface area contributed by atoms with Crippen LogP contribution in [0.1, 0.15) is 20.3 Å². The summed E-state index contributed by atoms with van der Waals surface area (Å²) in [6, 6.07) is 0. The summed E-state index contributed by atoms with van der Waals surface area (Å²) in [6.45, 7) is 1.91. The zero-order valence-electron chi connectivity index (χ0n) is 9.07. The fourth-order valence-electron chi connectivity index (χ4n) is 0.982. The fraction of sp³-hybridized carbons (Fsp3) is 0.667. The zero-order valence-corrected chi connectivity index (χ0v) is 9.07. The van der Waals surface area contributed by atoms with Crippen molar-refractivity contribution in [2.75, 3.05) is 6.61 Å². The summed E-state index contributed by atoms with van der Waals surface area (Å²) in [4.78, 5) is 32.1. The Bertz CT molecular complexity index is 279. The normalized spacial score (nSPS) is 13.7. The predicted octanol–water partition coefficient (Wildman–Crippen LogP) is 0.331. The molecule has 0 saturated heterocycles. The van der Waals surface area contributed by atoms with Gasteiger partial charge in [0.15, 0.2) is 12.3 Å². The van der Waals surface area contributed by atoms with Crippen LogP contribution in [0.3, 0.4) is 0 Å². The van der Waals surface area contributed by atoms with Crippen molar-refractivity contribution in [2.45, 2.75) is 32.5 Å². The number of ketones is 1. The van der Waals surface area contributed by atoms with Crippen LogP contribution in [0.4, 0.5) is 9.18 Å². The van der Waals surface area contributed by atoms with E-state index in [-0.39, 0.29) is 13.0 Å². The van der Waals surface area contributed by atoms with E-state index in [0.717, 1.165) is 13.8 Å². The Labute approximate surface area is 91.9 Å². The molecule has 0 aromatic rings. The lowest BCUT2D eigenvalue weighted by Crippen LogP contribution is -2.33. The molecule has 0 saturated carbocycles. The minimum atomic E-state index is -1.75. The van der Waals surface area contributed by atoms with Gasteiger partial charge < -0.3 is 15.2 Å². The summed E-state index contributed by atoms with van der Waals surface area (Å²) in [5.74, 6) is -1.58. The van der Waals surface area contributed by atoms with E-state index < -0.39 is 30.1 Å². The molecule has 0 aliphatic heterocycles. The van der Waals surface area contributed by atoms with Crippen molar-refractivity contribution in [2.24, 2.45) is 5.73 Å². The van der Waals surface area contributed by atoms with Crippen LogP contribution in [0.5, 0.6) is 0 Å². The van der Waals surface area contributed by atoms with E-state index in [9.17, 15) is 18.8 Å². The monoisotopic (exact) mass is 235 g/mol. The first-order valence-corrected chi connectivity index (χ1v) is 4.61. The summed E-state index contributed by atoms with van der Waals surface area (Å²) in [6.07, 6.45) is -4.13. The van der Waals surface area contributed by atoms with Crippen molar-refractivity contribution < 1.29 is 28.2 Å². The van der Waals surface area contributed by atoms with Gasteiger partial charge in [-0.3, -0.25) is 9.59 Å². The van der Waals surface area contributed by atoms with E-state index in [1.807, 2.05) is 0 Å². The molecule has 0 aromatic carbocycles. The van der Waals surface area contributed by atoms with Gasteiger partial charge in [-0.25, -0.2) is 9.18 Å². The second kappa shape index (κ2) is 6.76. The van der Waals surface area contributed by atoms with Crippen LogP contribution in [-0.2, 0) is 19.1 Å².